The smallest absolute Gasteiger partial charge is 0.000802 e. The number of aryl methyl sites for hydroxylation is 1. The van der Waals surface area contributed by atoms with Gasteiger partial charge in [0.05, 0.1) is 0 Å². The Morgan fingerprint density at radius 2 is 1.56 bits per heavy atom. The number of benzene rings is 1. The zero-order valence-electron chi connectivity index (χ0n) is 10.2. The van der Waals surface area contributed by atoms with Crippen molar-refractivity contribution in [2.24, 2.45) is 0 Å². The molecule has 0 amide bonds. The summed E-state index contributed by atoms with van der Waals surface area (Å²) in [6.45, 7) is 4.67. The third-order valence-corrected chi connectivity index (χ3v) is 4.27. The fraction of sp³-hybridized carbons (Fsp3) is 0.600. The Morgan fingerprint density at radius 3 is 2.50 bits per heavy atom. The quantitative estimate of drug-likeness (QED) is 0.701. The molecule has 16 heavy (non-hydrogen) atoms. The summed E-state index contributed by atoms with van der Waals surface area (Å²) >= 11 is 0. The summed E-state index contributed by atoms with van der Waals surface area (Å²) in [7, 11) is 0. The van der Waals surface area contributed by atoms with Crippen molar-refractivity contribution < 1.29 is 0 Å². The van der Waals surface area contributed by atoms with E-state index in [4.69, 9.17) is 0 Å². The van der Waals surface area contributed by atoms with Gasteiger partial charge in [0.15, 0.2) is 0 Å². The normalized spacial score (nSPS) is 19.8. The molecule has 1 heteroatoms. The minimum Gasteiger partial charge on any atom is -0.316 e. The van der Waals surface area contributed by atoms with Crippen LogP contribution in [0.15, 0.2) is 6.07 Å². The molecule has 2 aliphatic rings. The topological polar surface area (TPSA) is 12.0 Å². The van der Waals surface area contributed by atoms with Crippen LogP contribution in [-0.4, -0.2) is 13.1 Å². The van der Waals surface area contributed by atoms with Gasteiger partial charge in [-0.25, -0.2) is 0 Å². The second kappa shape index (κ2) is 4.21. The van der Waals surface area contributed by atoms with E-state index in [2.05, 4.69) is 18.3 Å². The van der Waals surface area contributed by atoms with E-state index < -0.39 is 0 Å². The van der Waals surface area contributed by atoms with Crippen molar-refractivity contribution in [1.29, 1.82) is 0 Å². The molecule has 1 nitrogen and oxygen atoms in total. The Hall–Kier alpha value is -0.820. The van der Waals surface area contributed by atoms with Crippen LogP contribution in [0.1, 0.15) is 40.7 Å². The fourth-order valence-electron chi connectivity index (χ4n) is 3.37. The molecular weight excluding hydrogens is 194 g/mol. The van der Waals surface area contributed by atoms with Crippen molar-refractivity contribution in [2.45, 2.75) is 45.4 Å². The van der Waals surface area contributed by atoms with Gasteiger partial charge in [0, 0.05) is 0 Å². The molecule has 0 fully saturated rings. The maximum absolute atomic E-state index is 3.51. The third kappa shape index (κ3) is 1.67. The van der Waals surface area contributed by atoms with Crippen molar-refractivity contribution >= 4 is 0 Å². The van der Waals surface area contributed by atoms with Gasteiger partial charge < -0.3 is 5.32 Å². The molecule has 1 aromatic rings. The van der Waals surface area contributed by atoms with E-state index in [9.17, 15) is 0 Å². The van der Waals surface area contributed by atoms with Crippen molar-refractivity contribution in [3.8, 4) is 0 Å². The molecule has 0 bridgehead atoms. The van der Waals surface area contributed by atoms with E-state index in [-0.39, 0.29) is 0 Å². The van der Waals surface area contributed by atoms with E-state index in [1.807, 2.05) is 0 Å². The van der Waals surface area contributed by atoms with Crippen molar-refractivity contribution in [3.05, 3.63) is 33.9 Å². The SMILES string of the molecule is Cc1c2c(cc3c1CCNCC3)CCCC2. The fourth-order valence-corrected chi connectivity index (χ4v) is 3.37. The maximum Gasteiger partial charge on any atom is -0.000802 e. The molecule has 0 spiro atoms. The summed E-state index contributed by atoms with van der Waals surface area (Å²) < 4.78 is 0. The highest BCUT2D eigenvalue weighted by molar-refractivity contribution is 5.47. The van der Waals surface area contributed by atoms with Gasteiger partial charge in [-0.05, 0) is 86.4 Å². The lowest BCUT2D eigenvalue weighted by Gasteiger charge is -2.22. The highest BCUT2D eigenvalue weighted by Crippen LogP contribution is 2.30. The molecule has 0 unspecified atom stereocenters. The van der Waals surface area contributed by atoms with E-state index in [1.54, 1.807) is 27.8 Å². The zero-order valence-corrected chi connectivity index (χ0v) is 10.2. The molecule has 0 aromatic heterocycles. The minimum atomic E-state index is 1.16. The summed E-state index contributed by atoms with van der Waals surface area (Å²) in [6, 6.07) is 2.52. The van der Waals surface area contributed by atoms with Gasteiger partial charge in [-0.1, -0.05) is 6.07 Å². The molecule has 1 aliphatic heterocycles. The van der Waals surface area contributed by atoms with Crippen LogP contribution >= 0.6 is 0 Å². The van der Waals surface area contributed by atoms with Crippen LogP contribution in [0, 0.1) is 6.92 Å². The lowest BCUT2D eigenvalue weighted by molar-refractivity contribution is 0.678. The van der Waals surface area contributed by atoms with Gasteiger partial charge in [0.25, 0.3) is 0 Å². The first-order chi connectivity index (χ1) is 7.86. The van der Waals surface area contributed by atoms with Crippen LogP contribution in [0.25, 0.3) is 0 Å². The number of hydrogen-bond donors (Lipinski definition) is 1. The maximum atomic E-state index is 3.51. The molecule has 1 heterocycles. The van der Waals surface area contributed by atoms with Crippen molar-refractivity contribution in [1.82, 2.24) is 5.32 Å². The lowest BCUT2D eigenvalue weighted by Crippen LogP contribution is -2.16. The molecule has 1 aromatic carbocycles. The standard InChI is InChI=1S/C15H21N/c1-11-14-5-3-2-4-12(14)10-13-6-8-16-9-7-15(11)13/h10,16H,2-9H2,1H3. The highest BCUT2D eigenvalue weighted by atomic mass is 14.8. The first kappa shape index (κ1) is 10.3. The molecule has 0 saturated carbocycles. The van der Waals surface area contributed by atoms with Crippen LogP contribution < -0.4 is 5.32 Å². The van der Waals surface area contributed by atoms with Crippen LogP contribution in [0.5, 0.6) is 0 Å². The Balaban J connectivity index is 2.12. The van der Waals surface area contributed by atoms with Gasteiger partial charge in [0.1, 0.15) is 0 Å². The average molecular weight is 215 g/mol. The lowest BCUT2D eigenvalue weighted by atomic mass is 9.83. The Bertz CT molecular complexity index is 406. The first-order valence-corrected chi connectivity index (χ1v) is 6.70. The number of hydrogen-bond acceptors (Lipinski definition) is 1. The second-order valence-corrected chi connectivity index (χ2v) is 5.23. The summed E-state index contributed by atoms with van der Waals surface area (Å²) in [5.74, 6) is 0. The Morgan fingerprint density at radius 1 is 0.875 bits per heavy atom. The van der Waals surface area contributed by atoms with Crippen molar-refractivity contribution in [3.63, 3.8) is 0 Å². The highest BCUT2D eigenvalue weighted by Gasteiger charge is 2.18. The van der Waals surface area contributed by atoms with Gasteiger partial charge >= 0.3 is 0 Å². The molecule has 1 N–H and O–H groups in total. The van der Waals surface area contributed by atoms with Crippen LogP contribution in [0.2, 0.25) is 0 Å². The zero-order chi connectivity index (χ0) is 11.0. The monoisotopic (exact) mass is 215 g/mol. The molecule has 0 saturated heterocycles. The Labute approximate surface area is 98.3 Å². The number of rotatable bonds is 0. The first-order valence-electron chi connectivity index (χ1n) is 6.70. The summed E-state index contributed by atoms with van der Waals surface area (Å²) in [4.78, 5) is 0. The average Bonchev–Trinajstić information content (AvgIpc) is 2.55. The second-order valence-electron chi connectivity index (χ2n) is 5.23. The number of nitrogens with one attached hydrogen (secondary N) is 1. The van der Waals surface area contributed by atoms with Gasteiger partial charge in [0.2, 0.25) is 0 Å². The van der Waals surface area contributed by atoms with E-state index in [0.29, 0.717) is 0 Å². The van der Waals surface area contributed by atoms with Crippen LogP contribution in [0.4, 0.5) is 0 Å². The molecule has 1 aliphatic carbocycles. The molecular formula is C15H21N. The molecule has 86 valence electrons. The summed E-state index contributed by atoms with van der Waals surface area (Å²) in [5, 5.41) is 3.51. The predicted molar refractivity (Wildman–Crippen MR) is 68.1 cm³/mol. The summed E-state index contributed by atoms with van der Waals surface area (Å²) in [6.07, 6.45) is 7.88. The Kier molecular flexibility index (Phi) is 2.72. The molecule has 0 atom stereocenters. The van der Waals surface area contributed by atoms with Gasteiger partial charge in [-0.15, -0.1) is 0 Å². The minimum absolute atomic E-state index is 1.16. The summed E-state index contributed by atoms with van der Waals surface area (Å²) in [5.41, 5.74) is 8.25. The van der Waals surface area contributed by atoms with Crippen LogP contribution in [-0.2, 0) is 25.7 Å². The van der Waals surface area contributed by atoms with E-state index in [1.165, 1.54) is 38.5 Å². The molecule has 3 rings (SSSR count). The van der Waals surface area contributed by atoms with Crippen LogP contribution in [0.3, 0.4) is 0 Å². The predicted octanol–water partition coefficient (Wildman–Crippen LogP) is 2.56. The van der Waals surface area contributed by atoms with E-state index >= 15 is 0 Å². The van der Waals surface area contributed by atoms with E-state index in [0.717, 1.165) is 13.1 Å². The third-order valence-electron chi connectivity index (χ3n) is 4.27. The number of fused-ring (bicyclic) bond motifs is 2. The van der Waals surface area contributed by atoms with Gasteiger partial charge in [-0.2, -0.15) is 0 Å². The molecule has 0 radical (unpaired) electrons. The largest absolute Gasteiger partial charge is 0.316 e. The van der Waals surface area contributed by atoms with Gasteiger partial charge in [-0.3, -0.25) is 0 Å². The van der Waals surface area contributed by atoms with Crippen molar-refractivity contribution in [2.75, 3.05) is 13.1 Å².